The molecule has 0 spiro atoms. The third-order valence-electron chi connectivity index (χ3n) is 6.58. The number of fused-ring (bicyclic) bond motifs is 1. The number of nitriles is 1. The summed E-state index contributed by atoms with van der Waals surface area (Å²) in [5, 5.41) is 18.7. The molecule has 3 N–H and O–H groups in total. The second kappa shape index (κ2) is 12.3. The second-order valence-electron chi connectivity index (χ2n) is 9.89. The van der Waals surface area contributed by atoms with Crippen molar-refractivity contribution in [2.24, 2.45) is 4.99 Å². The lowest BCUT2D eigenvalue weighted by atomic mass is 10.0. The van der Waals surface area contributed by atoms with Crippen LogP contribution >= 0.6 is 0 Å². The van der Waals surface area contributed by atoms with Gasteiger partial charge in [-0.15, -0.1) is 0 Å². The molecule has 3 aromatic rings. The number of nitrogens with one attached hydrogen (secondary N) is 3. The van der Waals surface area contributed by atoms with Crippen molar-refractivity contribution in [1.29, 1.82) is 5.26 Å². The molecule has 2 aromatic carbocycles. The highest BCUT2D eigenvalue weighted by Gasteiger charge is 2.28. The first kappa shape index (κ1) is 26.7. The molecule has 1 aliphatic heterocycles. The lowest BCUT2D eigenvalue weighted by Gasteiger charge is -2.22. The number of likely N-dealkylation sites (tertiary alicyclic amines) is 1. The number of aryl methyl sites for hydroxylation is 1. The van der Waals surface area contributed by atoms with Crippen LogP contribution < -0.4 is 16.0 Å². The van der Waals surface area contributed by atoms with Gasteiger partial charge in [-0.25, -0.2) is 4.99 Å². The molecule has 1 fully saturated rings. The van der Waals surface area contributed by atoms with Crippen LogP contribution in [0.4, 0.5) is 5.69 Å². The third kappa shape index (κ3) is 6.91. The van der Waals surface area contributed by atoms with E-state index in [1.807, 2.05) is 49.5 Å². The minimum absolute atomic E-state index is 0.0279. The molecule has 4 rings (SSSR count). The maximum absolute atomic E-state index is 13.3. The summed E-state index contributed by atoms with van der Waals surface area (Å²) in [4.78, 5) is 32.1. The van der Waals surface area contributed by atoms with Crippen LogP contribution in [0.15, 0.2) is 57.9 Å². The number of rotatable bonds is 7. The second-order valence-corrected chi connectivity index (χ2v) is 9.89. The summed E-state index contributed by atoms with van der Waals surface area (Å²) in [6.45, 7) is 7.03. The van der Waals surface area contributed by atoms with Gasteiger partial charge < -0.3 is 20.0 Å². The number of guanidine groups is 1. The molecular formula is C29H34N6O3. The molecule has 1 saturated heterocycles. The van der Waals surface area contributed by atoms with Crippen LogP contribution in [-0.2, 0) is 16.1 Å². The zero-order valence-electron chi connectivity index (χ0n) is 22.1. The highest BCUT2D eigenvalue weighted by Crippen LogP contribution is 2.23. The number of anilines is 1. The third-order valence-corrected chi connectivity index (χ3v) is 6.58. The Morgan fingerprint density at radius 1 is 1.18 bits per heavy atom. The Morgan fingerprint density at radius 2 is 1.97 bits per heavy atom. The molecule has 1 atom stereocenters. The van der Waals surface area contributed by atoms with Crippen molar-refractivity contribution < 1.29 is 14.0 Å². The number of carbonyl (C=O) groups excluding carboxylic acids is 2. The molecule has 2 amide bonds. The van der Waals surface area contributed by atoms with Crippen molar-refractivity contribution >= 4 is 34.4 Å². The van der Waals surface area contributed by atoms with E-state index in [4.69, 9.17) is 4.42 Å². The van der Waals surface area contributed by atoms with E-state index in [-0.39, 0.29) is 24.3 Å². The van der Waals surface area contributed by atoms with Crippen LogP contribution in [0.25, 0.3) is 11.0 Å². The zero-order chi connectivity index (χ0) is 27.1. The van der Waals surface area contributed by atoms with Crippen molar-refractivity contribution in [3.8, 4) is 6.19 Å². The van der Waals surface area contributed by atoms with Crippen LogP contribution in [-0.4, -0.2) is 41.8 Å². The average Bonchev–Trinajstić information content (AvgIpc) is 3.18. The van der Waals surface area contributed by atoms with Crippen molar-refractivity contribution in [2.45, 2.75) is 58.5 Å². The van der Waals surface area contributed by atoms with Crippen molar-refractivity contribution in [3.05, 3.63) is 65.4 Å². The number of amides is 2. The van der Waals surface area contributed by atoms with Gasteiger partial charge in [0.1, 0.15) is 17.4 Å². The summed E-state index contributed by atoms with van der Waals surface area (Å²) in [6.07, 6.45) is 4.00. The summed E-state index contributed by atoms with van der Waals surface area (Å²) < 4.78 is 5.62. The summed E-state index contributed by atoms with van der Waals surface area (Å²) in [5.74, 6) is 0.999. The minimum atomic E-state index is -0.697. The topological polar surface area (TPSA) is 123 Å². The highest BCUT2D eigenvalue weighted by atomic mass is 16.3. The van der Waals surface area contributed by atoms with Crippen LogP contribution in [0.1, 0.15) is 55.9 Å². The summed E-state index contributed by atoms with van der Waals surface area (Å²) in [6, 6.07) is 14.9. The van der Waals surface area contributed by atoms with E-state index in [0.717, 1.165) is 35.1 Å². The Balaban J connectivity index is 1.40. The van der Waals surface area contributed by atoms with Crippen molar-refractivity contribution in [2.75, 3.05) is 18.4 Å². The Kier molecular flexibility index (Phi) is 8.64. The average molecular weight is 515 g/mol. The first-order valence-electron chi connectivity index (χ1n) is 13.0. The van der Waals surface area contributed by atoms with E-state index in [1.165, 1.54) is 5.56 Å². The first-order chi connectivity index (χ1) is 18.3. The first-order valence-corrected chi connectivity index (χ1v) is 13.0. The molecule has 9 heteroatoms. The van der Waals surface area contributed by atoms with E-state index in [2.05, 4.69) is 46.9 Å². The molecule has 9 nitrogen and oxygen atoms in total. The van der Waals surface area contributed by atoms with Crippen LogP contribution in [0, 0.1) is 18.4 Å². The van der Waals surface area contributed by atoms with E-state index in [0.29, 0.717) is 31.1 Å². The monoisotopic (exact) mass is 514 g/mol. The predicted octanol–water partition coefficient (Wildman–Crippen LogP) is 4.40. The Bertz CT molecular complexity index is 1350. The van der Waals surface area contributed by atoms with Crippen molar-refractivity contribution in [3.63, 3.8) is 0 Å². The summed E-state index contributed by atoms with van der Waals surface area (Å²) in [5.41, 5.74) is 3.73. The maximum Gasteiger partial charge on any atom is 0.247 e. The minimum Gasteiger partial charge on any atom is -0.461 e. The quantitative estimate of drug-likeness (QED) is 0.186. The number of nitrogens with zero attached hydrogens (tertiary/aromatic N) is 3. The van der Waals surface area contributed by atoms with Gasteiger partial charge in [0.25, 0.3) is 0 Å². The van der Waals surface area contributed by atoms with Crippen LogP contribution in [0.5, 0.6) is 0 Å². The molecule has 2 heterocycles. The SMILES string of the molecule is Cc1cc2cc(NC(=N[C@H]3CCCCN(CC(=O)NCc4ccc(C(C)C)cc4)C3=O)NC#N)ccc2o1. The molecule has 1 aliphatic rings. The lowest BCUT2D eigenvalue weighted by molar-refractivity contribution is -0.136. The molecule has 0 unspecified atom stereocenters. The summed E-state index contributed by atoms with van der Waals surface area (Å²) >= 11 is 0. The maximum atomic E-state index is 13.3. The van der Waals surface area contributed by atoms with Gasteiger partial charge in [-0.05, 0) is 67.5 Å². The fraction of sp³-hybridized carbons (Fsp3) is 0.379. The molecule has 38 heavy (non-hydrogen) atoms. The van der Waals surface area contributed by atoms with Gasteiger partial charge in [0.05, 0.1) is 6.54 Å². The molecular weight excluding hydrogens is 480 g/mol. The van der Waals surface area contributed by atoms with Crippen LogP contribution in [0.3, 0.4) is 0 Å². The molecule has 1 aromatic heterocycles. The Labute approximate surface area is 222 Å². The largest absolute Gasteiger partial charge is 0.461 e. The Hall–Kier alpha value is -4.32. The van der Waals surface area contributed by atoms with Crippen molar-refractivity contribution in [1.82, 2.24) is 15.5 Å². The Morgan fingerprint density at radius 3 is 2.71 bits per heavy atom. The number of benzene rings is 2. The number of hydrogen-bond acceptors (Lipinski definition) is 5. The van der Waals surface area contributed by atoms with E-state index in [1.54, 1.807) is 4.90 Å². The van der Waals surface area contributed by atoms with E-state index < -0.39 is 6.04 Å². The van der Waals surface area contributed by atoms with Gasteiger partial charge in [0.15, 0.2) is 6.19 Å². The van der Waals surface area contributed by atoms with Gasteiger partial charge in [-0.3, -0.25) is 14.9 Å². The van der Waals surface area contributed by atoms with Gasteiger partial charge in [0.2, 0.25) is 17.8 Å². The molecule has 0 aliphatic carbocycles. The smallest absolute Gasteiger partial charge is 0.247 e. The zero-order valence-corrected chi connectivity index (χ0v) is 22.1. The number of carbonyl (C=O) groups is 2. The van der Waals surface area contributed by atoms with Gasteiger partial charge >= 0.3 is 0 Å². The van der Waals surface area contributed by atoms with Crippen LogP contribution in [0.2, 0.25) is 0 Å². The normalized spacial score (nSPS) is 16.3. The van der Waals surface area contributed by atoms with Gasteiger partial charge in [-0.1, -0.05) is 38.1 Å². The number of hydrogen-bond donors (Lipinski definition) is 3. The molecule has 0 saturated carbocycles. The van der Waals surface area contributed by atoms with Gasteiger partial charge in [-0.2, -0.15) is 5.26 Å². The van der Waals surface area contributed by atoms with Gasteiger partial charge in [0, 0.05) is 24.2 Å². The predicted molar refractivity (Wildman–Crippen MR) is 147 cm³/mol. The highest BCUT2D eigenvalue weighted by molar-refractivity contribution is 5.98. The summed E-state index contributed by atoms with van der Waals surface area (Å²) in [7, 11) is 0. The molecule has 0 radical (unpaired) electrons. The standard InChI is InChI=1S/C29H34N6O3/c1-19(2)22-9-7-21(8-10-22)16-31-27(36)17-35-13-5-4-6-25(28(35)37)34-29(32-18-30)33-24-11-12-26-23(15-24)14-20(3)38-26/h7-12,14-15,19,25H,4-6,13,16-17H2,1-3H3,(H,31,36)(H2,32,33,34)/t25-/m0/s1. The number of aliphatic imine (C=N–C) groups is 1. The molecule has 198 valence electrons. The van der Waals surface area contributed by atoms with E-state index >= 15 is 0 Å². The molecule has 0 bridgehead atoms. The number of furan rings is 1. The fourth-order valence-electron chi connectivity index (χ4n) is 4.51. The fourth-order valence-corrected chi connectivity index (χ4v) is 4.51. The lowest BCUT2D eigenvalue weighted by Crippen LogP contribution is -2.44. The van der Waals surface area contributed by atoms with E-state index in [9.17, 15) is 14.9 Å².